The van der Waals surface area contributed by atoms with Crippen LogP contribution in [0.25, 0.3) is 0 Å². The molecular formula is C14H12FNO2. The summed E-state index contributed by atoms with van der Waals surface area (Å²) in [6.45, 7) is 1.95. The van der Waals surface area contributed by atoms with Crippen LogP contribution in [-0.4, -0.2) is 5.91 Å². The van der Waals surface area contributed by atoms with Crippen LogP contribution in [0.5, 0.6) is 11.5 Å². The van der Waals surface area contributed by atoms with Gasteiger partial charge >= 0.3 is 0 Å². The molecule has 0 aliphatic rings. The number of ether oxygens (including phenoxy) is 1. The maximum Gasteiger partial charge on any atom is 0.248 e. The Morgan fingerprint density at radius 2 is 1.83 bits per heavy atom. The highest BCUT2D eigenvalue weighted by Gasteiger charge is 2.08. The van der Waals surface area contributed by atoms with Crippen molar-refractivity contribution < 1.29 is 13.9 Å². The van der Waals surface area contributed by atoms with E-state index in [4.69, 9.17) is 10.5 Å². The number of nitrogens with two attached hydrogens (primary N) is 1. The van der Waals surface area contributed by atoms with Crippen LogP contribution in [0, 0.1) is 12.7 Å². The zero-order valence-corrected chi connectivity index (χ0v) is 9.81. The molecule has 1 amide bonds. The molecule has 0 heterocycles. The van der Waals surface area contributed by atoms with Gasteiger partial charge in [-0.3, -0.25) is 4.79 Å². The van der Waals surface area contributed by atoms with Crippen LogP contribution < -0.4 is 10.5 Å². The predicted molar refractivity (Wildman–Crippen MR) is 66.2 cm³/mol. The fourth-order valence-electron chi connectivity index (χ4n) is 1.47. The summed E-state index contributed by atoms with van der Waals surface area (Å²) in [6.07, 6.45) is 0. The lowest BCUT2D eigenvalue weighted by atomic mass is 10.2. The van der Waals surface area contributed by atoms with Gasteiger partial charge in [-0.15, -0.1) is 0 Å². The van der Waals surface area contributed by atoms with Crippen molar-refractivity contribution in [2.75, 3.05) is 0 Å². The molecule has 0 bridgehead atoms. The molecule has 2 aromatic carbocycles. The highest BCUT2D eigenvalue weighted by Crippen LogP contribution is 2.25. The van der Waals surface area contributed by atoms with E-state index >= 15 is 0 Å². The van der Waals surface area contributed by atoms with Gasteiger partial charge in [0, 0.05) is 5.56 Å². The summed E-state index contributed by atoms with van der Waals surface area (Å²) in [5.41, 5.74) is 6.26. The van der Waals surface area contributed by atoms with Gasteiger partial charge in [-0.25, -0.2) is 4.39 Å². The van der Waals surface area contributed by atoms with E-state index in [0.29, 0.717) is 5.75 Å². The van der Waals surface area contributed by atoms with E-state index < -0.39 is 11.7 Å². The molecule has 0 fully saturated rings. The van der Waals surface area contributed by atoms with E-state index in [1.54, 1.807) is 12.1 Å². The quantitative estimate of drug-likeness (QED) is 0.903. The maximum absolute atomic E-state index is 13.6. The lowest BCUT2D eigenvalue weighted by Crippen LogP contribution is -2.11. The van der Waals surface area contributed by atoms with Gasteiger partial charge in [0.25, 0.3) is 0 Å². The Morgan fingerprint density at radius 3 is 2.39 bits per heavy atom. The Kier molecular flexibility index (Phi) is 3.28. The van der Waals surface area contributed by atoms with Gasteiger partial charge in [-0.05, 0) is 37.3 Å². The molecule has 2 rings (SSSR count). The smallest absolute Gasteiger partial charge is 0.248 e. The van der Waals surface area contributed by atoms with Crippen LogP contribution in [-0.2, 0) is 0 Å². The monoisotopic (exact) mass is 245 g/mol. The van der Waals surface area contributed by atoms with E-state index in [2.05, 4.69) is 0 Å². The van der Waals surface area contributed by atoms with Gasteiger partial charge in [0.05, 0.1) is 0 Å². The molecule has 0 aliphatic carbocycles. The summed E-state index contributed by atoms with van der Waals surface area (Å²) in [5.74, 6) is -0.696. The van der Waals surface area contributed by atoms with Crippen molar-refractivity contribution in [3.8, 4) is 11.5 Å². The number of carbonyl (C=O) groups excluding carboxylic acids is 1. The van der Waals surface area contributed by atoms with E-state index in [0.717, 1.165) is 11.6 Å². The second-order valence-electron chi connectivity index (χ2n) is 3.92. The minimum absolute atomic E-state index is 0.0591. The van der Waals surface area contributed by atoms with Gasteiger partial charge in [0.2, 0.25) is 5.91 Å². The second kappa shape index (κ2) is 4.87. The fraction of sp³-hybridized carbons (Fsp3) is 0.0714. The van der Waals surface area contributed by atoms with Gasteiger partial charge < -0.3 is 10.5 Å². The Hall–Kier alpha value is -2.36. The molecule has 0 aromatic heterocycles. The van der Waals surface area contributed by atoms with E-state index in [9.17, 15) is 9.18 Å². The Labute approximate surface area is 104 Å². The van der Waals surface area contributed by atoms with Crippen molar-refractivity contribution in [2.45, 2.75) is 6.92 Å². The van der Waals surface area contributed by atoms with Crippen molar-refractivity contribution in [3.05, 3.63) is 59.4 Å². The minimum atomic E-state index is -0.671. The minimum Gasteiger partial charge on any atom is -0.454 e. The summed E-state index contributed by atoms with van der Waals surface area (Å²) in [4.78, 5) is 10.9. The molecule has 92 valence electrons. The van der Waals surface area contributed by atoms with Crippen LogP contribution in [0.4, 0.5) is 4.39 Å². The predicted octanol–water partition coefficient (Wildman–Crippen LogP) is 3.03. The van der Waals surface area contributed by atoms with Crippen LogP contribution >= 0.6 is 0 Å². The summed E-state index contributed by atoms with van der Waals surface area (Å²) in [6, 6.07) is 11.1. The third-order valence-corrected chi connectivity index (χ3v) is 2.47. The van der Waals surface area contributed by atoms with Crippen LogP contribution in [0.2, 0.25) is 0 Å². The molecule has 0 saturated heterocycles. The number of amides is 1. The standard InChI is InChI=1S/C14H12FNO2/c1-9-2-5-11(6-3-9)18-13-7-4-10(14(16)17)8-12(13)15/h2-8H,1H3,(H2,16,17). The first-order valence-electron chi connectivity index (χ1n) is 5.40. The third-order valence-electron chi connectivity index (χ3n) is 2.47. The molecular weight excluding hydrogens is 233 g/mol. The SMILES string of the molecule is Cc1ccc(Oc2ccc(C(N)=O)cc2F)cc1. The van der Waals surface area contributed by atoms with Crippen LogP contribution in [0.15, 0.2) is 42.5 Å². The van der Waals surface area contributed by atoms with Gasteiger partial charge in [0.15, 0.2) is 11.6 Å². The van der Waals surface area contributed by atoms with Crippen molar-refractivity contribution in [1.82, 2.24) is 0 Å². The highest BCUT2D eigenvalue weighted by molar-refractivity contribution is 5.92. The largest absolute Gasteiger partial charge is 0.454 e. The number of benzene rings is 2. The average Bonchev–Trinajstić information content (AvgIpc) is 2.34. The second-order valence-corrected chi connectivity index (χ2v) is 3.92. The topological polar surface area (TPSA) is 52.3 Å². The fourth-order valence-corrected chi connectivity index (χ4v) is 1.47. The number of aryl methyl sites for hydroxylation is 1. The Bertz CT molecular complexity index is 579. The number of hydrogen-bond donors (Lipinski definition) is 1. The van der Waals surface area contributed by atoms with Crippen LogP contribution in [0.3, 0.4) is 0 Å². The number of primary amides is 1. The van der Waals surface area contributed by atoms with Gasteiger partial charge in [0.1, 0.15) is 5.75 Å². The van der Waals surface area contributed by atoms with Gasteiger partial charge in [-0.2, -0.15) is 0 Å². The van der Waals surface area contributed by atoms with Crippen molar-refractivity contribution in [3.63, 3.8) is 0 Å². The molecule has 0 aliphatic heterocycles. The zero-order chi connectivity index (χ0) is 13.1. The van der Waals surface area contributed by atoms with E-state index in [1.165, 1.54) is 12.1 Å². The molecule has 0 spiro atoms. The molecule has 0 saturated carbocycles. The molecule has 18 heavy (non-hydrogen) atoms. The molecule has 3 nitrogen and oxygen atoms in total. The summed E-state index contributed by atoms with van der Waals surface area (Å²) in [7, 11) is 0. The number of rotatable bonds is 3. The zero-order valence-electron chi connectivity index (χ0n) is 9.81. The normalized spacial score (nSPS) is 10.1. The molecule has 0 atom stereocenters. The van der Waals surface area contributed by atoms with Crippen molar-refractivity contribution in [1.29, 1.82) is 0 Å². The average molecular weight is 245 g/mol. The maximum atomic E-state index is 13.6. The summed E-state index contributed by atoms with van der Waals surface area (Å²) < 4.78 is 19.0. The highest BCUT2D eigenvalue weighted by atomic mass is 19.1. The Morgan fingerprint density at radius 1 is 1.17 bits per heavy atom. The molecule has 4 heteroatoms. The van der Waals surface area contributed by atoms with Gasteiger partial charge in [-0.1, -0.05) is 17.7 Å². The molecule has 2 aromatic rings. The first kappa shape index (κ1) is 12.1. The molecule has 2 N–H and O–H groups in total. The first-order chi connectivity index (χ1) is 8.56. The molecule has 0 radical (unpaired) electrons. The van der Waals surface area contributed by atoms with Crippen molar-refractivity contribution in [2.24, 2.45) is 5.73 Å². The number of carbonyl (C=O) groups is 1. The van der Waals surface area contributed by atoms with Crippen LogP contribution in [0.1, 0.15) is 15.9 Å². The lowest BCUT2D eigenvalue weighted by Gasteiger charge is -2.07. The van der Waals surface area contributed by atoms with Crippen molar-refractivity contribution >= 4 is 5.91 Å². The summed E-state index contributed by atoms with van der Waals surface area (Å²) >= 11 is 0. The Balaban J connectivity index is 2.24. The summed E-state index contributed by atoms with van der Waals surface area (Å²) in [5, 5.41) is 0. The van der Waals surface area contributed by atoms with E-state index in [1.807, 2.05) is 19.1 Å². The number of hydrogen-bond acceptors (Lipinski definition) is 2. The molecule has 0 unspecified atom stereocenters. The first-order valence-corrected chi connectivity index (χ1v) is 5.40. The third kappa shape index (κ3) is 2.66. The lowest BCUT2D eigenvalue weighted by molar-refractivity contribution is 0.1000. The number of halogens is 1. The van der Waals surface area contributed by atoms with E-state index in [-0.39, 0.29) is 11.3 Å².